The van der Waals surface area contributed by atoms with Crippen LogP contribution in [0.25, 0.3) is 0 Å². The SMILES string of the molecule is C=C(CC#N)C(O)CCCCCC. The maximum absolute atomic E-state index is 9.50. The number of hydrogen-bond donors (Lipinski definition) is 1. The van der Waals surface area contributed by atoms with Gasteiger partial charge in [0.2, 0.25) is 0 Å². The van der Waals surface area contributed by atoms with Crippen molar-refractivity contribution < 1.29 is 5.11 Å². The highest BCUT2D eigenvalue weighted by molar-refractivity contribution is 5.07. The quantitative estimate of drug-likeness (QED) is 0.485. The highest BCUT2D eigenvalue weighted by Gasteiger charge is 2.07. The van der Waals surface area contributed by atoms with E-state index < -0.39 is 6.10 Å². The molecule has 0 aromatic rings. The molecule has 1 N–H and O–H groups in total. The van der Waals surface area contributed by atoms with Crippen molar-refractivity contribution in [1.29, 1.82) is 5.26 Å². The molecule has 13 heavy (non-hydrogen) atoms. The van der Waals surface area contributed by atoms with E-state index in [2.05, 4.69) is 13.5 Å². The first-order valence-corrected chi connectivity index (χ1v) is 4.95. The van der Waals surface area contributed by atoms with Gasteiger partial charge >= 0.3 is 0 Å². The van der Waals surface area contributed by atoms with Gasteiger partial charge in [0, 0.05) is 0 Å². The van der Waals surface area contributed by atoms with Crippen molar-refractivity contribution in [3.8, 4) is 6.07 Å². The van der Waals surface area contributed by atoms with Crippen LogP contribution in [0, 0.1) is 11.3 Å². The van der Waals surface area contributed by atoms with Crippen LogP contribution in [0.5, 0.6) is 0 Å². The zero-order valence-electron chi connectivity index (χ0n) is 8.42. The van der Waals surface area contributed by atoms with Crippen LogP contribution in [-0.4, -0.2) is 11.2 Å². The first kappa shape index (κ1) is 12.2. The van der Waals surface area contributed by atoms with E-state index in [-0.39, 0.29) is 6.42 Å². The van der Waals surface area contributed by atoms with Gasteiger partial charge in [0.05, 0.1) is 18.6 Å². The zero-order chi connectivity index (χ0) is 10.1. The fourth-order valence-electron chi connectivity index (χ4n) is 1.19. The highest BCUT2D eigenvalue weighted by Crippen LogP contribution is 2.12. The summed E-state index contributed by atoms with van der Waals surface area (Å²) in [7, 11) is 0. The van der Waals surface area contributed by atoms with E-state index in [1.807, 2.05) is 6.07 Å². The summed E-state index contributed by atoms with van der Waals surface area (Å²) in [6.07, 6.45) is 5.16. The Bertz CT molecular complexity index is 181. The molecule has 0 aromatic heterocycles. The van der Waals surface area contributed by atoms with Gasteiger partial charge in [0.25, 0.3) is 0 Å². The number of hydrogen-bond acceptors (Lipinski definition) is 2. The fourth-order valence-corrected chi connectivity index (χ4v) is 1.19. The van der Waals surface area contributed by atoms with Gasteiger partial charge in [0.15, 0.2) is 0 Å². The lowest BCUT2D eigenvalue weighted by Crippen LogP contribution is -2.08. The van der Waals surface area contributed by atoms with Crippen molar-refractivity contribution in [2.45, 2.75) is 51.6 Å². The minimum atomic E-state index is -0.475. The van der Waals surface area contributed by atoms with E-state index in [1.165, 1.54) is 12.8 Å². The Hall–Kier alpha value is -0.810. The molecule has 0 rings (SSSR count). The van der Waals surface area contributed by atoms with Gasteiger partial charge in [-0.2, -0.15) is 5.26 Å². The molecule has 2 heteroatoms. The van der Waals surface area contributed by atoms with Crippen LogP contribution < -0.4 is 0 Å². The highest BCUT2D eigenvalue weighted by atomic mass is 16.3. The normalized spacial score (nSPS) is 12.1. The smallest absolute Gasteiger partial charge is 0.0757 e. The van der Waals surface area contributed by atoms with Crippen molar-refractivity contribution >= 4 is 0 Å². The minimum absolute atomic E-state index is 0.273. The van der Waals surface area contributed by atoms with Crippen LogP contribution in [0.2, 0.25) is 0 Å². The molecule has 0 aromatic carbocycles. The predicted molar refractivity (Wildman–Crippen MR) is 54.1 cm³/mol. The Morgan fingerprint density at radius 2 is 2.15 bits per heavy atom. The number of rotatable bonds is 7. The van der Waals surface area contributed by atoms with Crippen LogP contribution in [-0.2, 0) is 0 Å². The summed E-state index contributed by atoms with van der Waals surface area (Å²) < 4.78 is 0. The zero-order valence-corrected chi connectivity index (χ0v) is 8.42. The monoisotopic (exact) mass is 181 g/mol. The molecule has 0 radical (unpaired) electrons. The molecule has 0 bridgehead atoms. The number of aliphatic hydroxyl groups is 1. The number of nitrogens with zero attached hydrogens (tertiary/aromatic N) is 1. The van der Waals surface area contributed by atoms with E-state index in [4.69, 9.17) is 5.26 Å². The van der Waals surface area contributed by atoms with E-state index in [0.717, 1.165) is 19.3 Å². The van der Waals surface area contributed by atoms with E-state index >= 15 is 0 Å². The van der Waals surface area contributed by atoms with Crippen molar-refractivity contribution in [2.75, 3.05) is 0 Å². The molecule has 0 aliphatic heterocycles. The summed E-state index contributed by atoms with van der Waals surface area (Å²) >= 11 is 0. The fraction of sp³-hybridized carbons (Fsp3) is 0.727. The van der Waals surface area contributed by atoms with Crippen LogP contribution in [0.3, 0.4) is 0 Å². The molecule has 0 saturated carbocycles. The third kappa shape index (κ3) is 6.36. The molecule has 0 amide bonds. The molecule has 0 aliphatic carbocycles. The first-order valence-electron chi connectivity index (χ1n) is 4.95. The summed E-state index contributed by atoms with van der Waals surface area (Å²) in [4.78, 5) is 0. The Morgan fingerprint density at radius 1 is 1.46 bits per heavy atom. The summed E-state index contributed by atoms with van der Waals surface area (Å²) in [5, 5.41) is 17.9. The second-order valence-corrected chi connectivity index (χ2v) is 3.36. The molecule has 0 fully saturated rings. The molecular formula is C11H19NO. The lowest BCUT2D eigenvalue weighted by molar-refractivity contribution is 0.194. The topological polar surface area (TPSA) is 44.0 Å². The van der Waals surface area contributed by atoms with Crippen molar-refractivity contribution in [1.82, 2.24) is 0 Å². The van der Waals surface area contributed by atoms with Crippen LogP contribution in [0.15, 0.2) is 12.2 Å². The summed E-state index contributed by atoms with van der Waals surface area (Å²) in [5.74, 6) is 0. The number of nitriles is 1. The predicted octanol–water partition coefficient (Wildman–Crippen LogP) is 2.79. The van der Waals surface area contributed by atoms with Crippen LogP contribution >= 0.6 is 0 Å². The minimum Gasteiger partial charge on any atom is -0.389 e. The standard InChI is InChI=1S/C11H19NO/c1-3-4-5-6-7-11(13)10(2)8-9-12/h11,13H,2-8H2,1H3. The molecule has 1 atom stereocenters. The number of aliphatic hydroxyl groups excluding tert-OH is 1. The van der Waals surface area contributed by atoms with E-state index in [1.54, 1.807) is 0 Å². The Kier molecular flexibility index (Phi) is 7.33. The largest absolute Gasteiger partial charge is 0.389 e. The van der Waals surface area contributed by atoms with Gasteiger partial charge in [-0.05, 0) is 12.0 Å². The summed E-state index contributed by atoms with van der Waals surface area (Å²) in [5.41, 5.74) is 0.652. The van der Waals surface area contributed by atoms with E-state index in [9.17, 15) is 5.11 Å². The molecule has 0 saturated heterocycles. The Balaban J connectivity index is 3.45. The molecule has 74 valence electrons. The second kappa shape index (κ2) is 7.82. The lowest BCUT2D eigenvalue weighted by atomic mass is 10.0. The summed E-state index contributed by atoms with van der Waals surface area (Å²) in [6.45, 7) is 5.83. The van der Waals surface area contributed by atoms with Crippen LogP contribution in [0.4, 0.5) is 0 Å². The van der Waals surface area contributed by atoms with Gasteiger partial charge in [0.1, 0.15) is 0 Å². The lowest BCUT2D eigenvalue weighted by Gasteiger charge is -2.10. The molecule has 0 aliphatic rings. The average molecular weight is 181 g/mol. The molecule has 0 spiro atoms. The van der Waals surface area contributed by atoms with Gasteiger partial charge in [-0.15, -0.1) is 0 Å². The van der Waals surface area contributed by atoms with Gasteiger partial charge < -0.3 is 5.11 Å². The third-order valence-electron chi connectivity index (χ3n) is 2.11. The average Bonchev–Trinajstić information content (AvgIpc) is 2.12. The number of unbranched alkanes of at least 4 members (excludes halogenated alkanes) is 3. The van der Waals surface area contributed by atoms with Crippen molar-refractivity contribution in [3.05, 3.63) is 12.2 Å². The maximum atomic E-state index is 9.50. The first-order chi connectivity index (χ1) is 6.22. The molecule has 0 heterocycles. The third-order valence-corrected chi connectivity index (χ3v) is 2.11. The molecule has 2 nitrogen and oxygen atoms in total. The summed E-state index contributed by atoms with van der Waals surface area (Å²) in [6, 6.07) is 1.99. The van der Waals surface area contributed by atoms with Crippen molar-refractivity contribution in [2.24, 2.45) is 0 Å². The van der Waals surface area contributed by atoms with Gasteiger partial charge in [-0.1, -0.05) is 39.2 Å². The Morgan fingerprint density at radius 3 is 2.69 bits per heavy atom. The second-order valence-electron chi connectivity index (χ2n) is 3.36. The van der Waals surface area contributed by atoms with Gasteiger partial charge in [-0.25, -0.2) is 0 Å². The van der Waals surface area contributed by atoms with Crippen molar-refractivity contribution in [3.63, 3.8) is 0 Å². The van der Waals surface area contributed by atoms with Gasteiger partial charge in [-0.3, -0.25) is 0 Å². The Labute approximate surface area is 80.9 Å². The van der Waals surface area contributed by atoms with Crippen LogP contribution in [0.1, 0.15) is 45.4 Å². The molecular weight excluding hydrogens is 162 g/mol. The molecule has 1 unspecified atom stereocenters. The van der Waals surface area contributed by atoms with E-state index in [0.29, 0.717) is 5.57 Å². The maximum Gasteiger partial charge on any atom is 0.0757 e.